The van der Waals surface area contributed by atoms with Crippen LogP contribution in [0.2, 0.25) is 0 Å². The fourth-order valence-electron chi connectivity index (χ4n) is 2.21. The smallest absolute Gasteiger partial charge is 0.119 e. The highest BCUT2D eigenvalue weighted by atomic mass is 32.2. The first-order chi connectivity index (χ1) is 9.35. The van der Waals surface area contributed by atoms with Gasteiger partial charge in [0.05, 0.1) is 7.11 Å². The lowest BCUT2D eigenvalue weighted by Gasteiger charge is -2.11. The Labute approximate surface area is 117 Å². The summed E-state index contributed by atoms with van der Waals surface area (Å²) < 4.78 is 11.0. The van der Waals surface area contributed by atoms with Crippen LogP contribution >= 0.6 is 11.8 Å². The molecule has 0 fully saturated rings. The first-order valence-corrected chi connectivity index (χ1v) is 7.24. The SMILES string of the molecule is COc1ccc(OCC2Cc3ccccc3S2)cc1. The van der Waals surface area contributed by atoms with Crippen LogP contribution in [-0.4, -0.2) is 19.0 Å². The van der Waals surface area contributed by atoms with Crippen LogP contribution in [0.25, 0.3) is 0 Å². The zero-order valence-corrected chi connectivity index (χ0v) is 11.7. The van der Waals surface area contributed by atoms with Crippen LogP contribution in [0.4, 0.5) is 0 Å². The lowest BCUT2D eigenvalue weighted by molar-refractivity contribution is 0.316. The number of rotatable bonds is 4. The van der Waals surface area contributed by atoms with E-state index in [2.05, 4.69) is 24.3 Å². The van der Waals surface area contributed by atoms with Crippen molar-refractivity contribution >= 4 is 11.8 Å². The molecule has 1 unspecified atom stereocenters. The highest BCUT2D eigenvalue weighted by molar-refractivity contribution is 8.00. The second-order valence-electron chi connectivity index (χ2n) is 4.54. The van der Waals surface area contributed by atoms with Crippen molar-refractivity contribution < 1.29 is 9.47 Å². The average Bonchev–Trinajstić information content (AvgIpc) is 2.88. The zero-order chi connectivity index (χ0) is 13.1. The van der Waals surface area contributed by atoms with E-state index in [1.165, 1.54) is 10.5 Å². The molecule has 1 aliphatic heterocycles. The van der Waals surface area contributed by atoms with Gasteiger partial charge < -0.3 is 9.47 Å². The van der Waals surface area contributed by atoms with Crippen molar-refractivity contribution in [1.82, 2.24) is 0 Å². The van der Waals surface area contributed by atoms with E-state index < -0.39 is 0 Å². The standard InChI is InChI=1S/C16H16O2S/c1-17-13-6-8-14(9-7-13)18-11-15-10-12-4-2-3-5-16(12)19-15/h2-9,15H,10-11H2,1H3. The number of hydrogen-bond donors (Lipinski definition) is 0. The molecular formula is C16H16O2S. The molecule has 2 aromatic carbocycles. The van der Waals surface area contributed by atoms with Gasteiger partial charge >= 0.3 is 0 Å². The highest BCUT2D eigenvalue weighted by Crippen LogP contribution is 2.36. The van der Waals surface area contributed by atoms with Crippen molar-refractivity contribution in [2.45, 2.75) is 16.6 Å². The van der Waals surface area contributed by atoms with E-state index in [0.717, 1.165) is 24.5 Å². The first-order valence-electron chi connectivity index (χ1n) is 6.36. The molecule has 1 heterocycles. The number of benzene rings is 2. The van der Waals surface area contributed by atoms with E-state index in [4.69, 9.17) is 9.47 Å². The summed E-state index contributed by atoms with van der Waals surface area (Å²) in [7, 11) is 1.67. The third kappa shape index (κ3) is 2.87. The Morgan fingerprint density at radius 2 is 1.79 bits per heavy atom. The van der Waals surface area contributed by atoms with E-state index in [1.54, 1.807) is 7.11 Å². The molecular weight excluding hydrogens is 256 g/mol. The fourth-order valence-corrected chi connectivity index (χ4v) is 3.43. The van der Waals surface area contributed by atoms with Crippen LogP contribution in [0.15, 0.2) is 53.4 Å². The van der Waals surface area contributed by atoms with Gasteiger partial charge in [0.2, 0.25) is 0 Å². The molecule has 0 bridgehead atoms. The zero-order valence-electron chi connectivity index (χ0n) is 10.8. The van der Waals surface area contributed by atoms with Crippen LogP contribution in [0.3, 0.4) is 0 Å². The van der Waals surface area contributed by atoms with E-state index >= 15 is 0 Å². The van der Waals surface area contributed by atoms with Gasteiger partial charge in [0.25, 0.3) is 0 Å². The van der Waals surface area contributed by atoms with Gasteiger partial charge in [0, 0.05) is 10.1 Å². The second-order valence-corrected chi connectivity index (χ2v) is 5.88. The van der Waals surface area contributed by atoms with Gasteiger partial charge in [-0.05, 0) is 42.3 Å². The number of fused-ring (bicyclic) bond motifs is 1. The van der Waals surface area contributed by atoms with E-state index in [0.29, 0.717) is 5.25 Å². The Morgan fingerprint density at radius 1 is 1.05 bits per heavy atom. The first kappa shape index (κ1) is 12.4. The summed E-state index contributed by atoms with van der Waals surface area (Å²) in [5.41, 5.74) is 1.44. The summed E-state index contributed by atoms with van der Waals surface area (Å²) in [4.78, 5) is 1.39. The van der Waals surface area contributed by atoms with Crippen LogP contribution in [0.1, 0.15) is 5.56 Å². The van der Waals surface area contributed by atoms with Crippen molar-refractivity contribution in [2.75, 3.05) is 13.7 Å². The Balaban J connectivity index is 1.56. The Morgan fingerprint density at radius 3 is 2.53 bits per heavy atom. The molecule has 3 heteroatoms. The van der Waals surface area contributed by atoms with Crippen LogP contribution in [-0.2, 0) is 6.42 Å². The van der Waals surface area contributed by atoms with E-state index in [9.17, 15) is 0 Å². The topological polar surface area (TPSA) is 18.5 Å². The maximum absolute atomic E-state index is 5.84. The minimum atomic E-state index is 0.513. The fraction of sp³-hybridized carbons (Fsp3) is 0.250. The molecule has 2 aromatic rings. The average molecular weight is 272 g/mol. The molecule has 0 radical (unpaired) electrons. The highest BCUT2D eigenvalue weighted by Gasteiger charge is 2.22. The number of thioether (sulfide) groups is 1. The van der Waals surface area contributed by atoms with Gasteiger partial charge in [-0.2, -0.15) is 0 Å². The van der Waals surface area contributed by atoms with Crippen molar-refractivity contribution in [2.24, 2.45) is 0 Å². The summed E-state index contributed by atoms with van der Waals surface area (Å²) >= 11 is 1.91. The minimum absolute atomic E-state index is 0.513. The van der Waals surface area contributed by atoms with E-state index in [-0.39, 0.29) is 0 Å². The van der Waals surface area contributed by atoms with Gasteiger partial charge in [0.1, 0.15) is 18.1 Å². The Bertz CT molecular complexity index is 526. The van der Waals surface area contributed by atoms with Crippen molar-refractivity contribution in [3.63, 3.8) is 0 Å². The second kappa shape index (κ2) is 5.57. The van der Waals surface area contributed by atoms with Gasteiger partial charge in [-0.25, -0.2) is 0 Å². The third-order valence-corrected chi connectivity index (χ3v) is 4.50. The molecule has 19 heavy (non-hydrogen) atoms. The summed E-state index contributed by atoms with van der Waals surface area (Å²) in [6.07, 6.45) is 1.09. The summed E-state index contributed by atoms with van der Waals surface area (Å²) in [5.74, 6) is 1.76. The minimum Gasteiger partial charge on any atom is -0.497 e. The lowest BCUT2D eigenvalue weighted by Crippen LogP contribution is -2.13. The molecule has 0 spiro atoms. The molecule has 0 saturated heterocycles. The molecule has 3 rings (SSSR count). The lowest BCUT2D eigenvalue weighted by atomic mass is 10.1. The predicted molar refractivity (Wildman–Crippen MR) is 78.3 cm³/mol. The van der Waals surface area contributed by atoms with Crippen molar-refractivity contribution in [1.29, 1.82) is 0 Å². The van der Waals surface area contributed by atoms with Crippen LogP contribution in [0.5, 0.6) is 11.5 Å². The molecule has 0 N–H and O–H groups in total. The van der Waals surface area contributed by atoms with Gasteiger partial charge in [-0.1, -0.05) is 18.2 Å². The van der Waals surface area contributed by atoms with Crippen LogP contribution in [0, 0.1) is 0 Å². The molecule has 0 aliphatic carbocycles. The maximum atomic E-state index is 5.84. The van der Waals surface area contributed by atoms with Crippen LogP contribution < -0.4 is 9.47 Å². The largest absolute Gasteiger partial charge is 0.497 e. The number of ether oxygens (including phenoxy) is 2. The molecule has 2 nitrogen and oxygen atoms in total. The summed E-state index contributed by atoms with van der Waals surface area (Å²) in [6.45, 7) is 0.742. The predicted octanol–water partition coefficient (Wildman–Crippen LogP) is 3.79. The van der Waals surface area contributed by atoms with Crippen molar-refractivity contribution in [3.05, 3.63) is 54.1 Å². The van der Waals surface area contributed by atoms with E-state index in [1.807, 2.05) is 36.0 Å². The van der Waals surface area contributed by atoms with Gasteiger partial charge in [0.15, 0.2) is 0 Å². The summed E-state index contributed by atoms with van der Waals surface area (Å²) in [6, 6.07) is 16.3. The van der Waals surface area contributed by atoms with Gasteiger partial charge in [-0.3, -0.25) is 0 Å². The molecule has 0 aromatic heterocycles. The quantitative estimate of drug-likeness (QED) is 0.843. The molecule has 98 valence electrons. The molecule has 0 saturated carbocycles. The monoisotopic (exact) mass is 272 g/mol. The molecule has 1 atom stereocenters. The normalized spacial score (nSPS) is 17.0. The Kier molecular flexibility index (Phi) is 3.65. The van der Waals surface area contributed by atoms with Crippen molar-refractivity contribution in [3.8, 4) is 11.5 Å². The number of methoxy groups -OCH3 is 1. The number of hydrogen-bond acceptors (Lipinski definition) is 3. The third-order valence-electron chi connectivity index (χ3n) is 3.21. The maximum Gasteiger partial charge on any atom is 0.119 e. The summed E-state index contributed by atoms with van der Waals surface area (Å²) in [5, 5.41) is 0.513. The Hall–Kier alpha value is -1.61. The molecule has 0 amide bonds. The van der Waals surface area contributed by atoms with Gasteiger partial charge in [-0.15, -0.1) is 11.8 Å². The molecule has 1 aliphatic rings.